The van der Waals surface area contributed by atoms with E-state index in [-0.39, 0.29) is 5.91 Å². The van der Waals surface area contributed by atoms with E-state index in [0.717, 1.165) is 36.0 Å². The monoisotopic (exact) mass is 381 g/mol. The lowest BCUT2D eigenvalue weighted by Crippen LogP contribution is -2.26. The molecule has 3 heterocycles. The Hall–Kier alpha value is -3.80. The van der Waals surface area contributed by atoms with Crippen LogP contribution in [-0.4, -0.2) is 27.4 Å². The minimum atomic E-state index is -0.256. The topological polar surface area (TPSA) is 71.0 Å². The number of hydrogen-bond acceptors (Lipinski definition) is 5. The van der Waals surface area contributed by atoms with Crippen molar-refractivity contribution in [2.45, 2.75) is 12.8 Å². The molecule has 1 aliphatic rings. The highest BCUT2D eigenvalue weighted by Gasteiger charge is 2.20. The van der Waals surface area contributed by atoms with E-state index >= 15 is 0 Å². The van der Waals surface area contributed by atoms with E-state index in [9.17, 15) is 4.79 Å². The van der Waals surface area contributed by atoms with Crippen LogP contribution in [0.3, 0.4) is 0 Å². The van der Waals surface area contributed by atoms with Crippen molar-refractivity contribution in [3.63, 3.8) is 0 Å². The molecule has 2 aromatic heterocycles. The summed E-state index contributed by atoms with van der Waals surface area (Å²) in [5.74, 6) is 0.356. The molecule has 0 unspecified atom stereocenters. The van der Waals surface area contributed by atoms with E-state index < -0.39 is 0 Å². The Labute approximate surface area is 168 Å². The van der Waals surface area contributed by atoms with Crippen LogP contribution in [0.5, 0.6) is 0 Å². The predicted molar refractivity (Wildman–Crippen MR) is 113 cm³/mol. The molecule has 1 N–H and O–H groups in total. The lowest BCUT2D eigenvalue weighted by atomic mass is 10.0. The van der Waals surface area contributed by atoms with Crippen molar-refractivity contribution in [1.29, 1.82) is 0 Å². The molecule has 0 atom stereocenters. The molecule has 2 aromatic carbocycles. The van der Waals surface area contributed by atoms with Gasteiger partial charge in [0.15, 0.2) is 0 Å². The molecule has 1 aliphatic heterocycles. The number of benzene rings is 2. The van der Waals surface area contributed by atoms with Gasteiger partial charge >= 0.3 is 0 Å². The van der Waals surface area contributed by atoms with Gasteiger partial charge in [0, 0.05) is 36.2 Å². The molecule has 0 radical (unpaired) electrons. The third kappa shape index (κ3) is 3.29. The Morgan fingerprint density at radius 3 is 2.66 bits per heavy atom. The first-order chi connectivity index (χ1) is 14.3. The lowest BCUT2D eigenvalue weighted by Gasteiger charge is -2.29. The minimum absolute atomic E-state index is 0.256. The number of aromatic nitrogens is 3. The van der Waals surface area contributed by atoms with Crippen LogP contribution in [-0.2, 0) is 6.42 Å². The first-order valence-electron chi connectivity index (χ1n) is 9.62. The second-order valence-electron chi connectivity index (χ2n) is 6.99. The van der Waals surface area contributed by atoms with Crippen molar-refractivity contribution in [3.05, 3.63) is 84.3 Å². The van der Waals surface area contributed by atoms with Gasteiger partial charge in [0.2, 0.25) is 5.95 Å². The summed E-state index contributed by atoms with van der Waals surface area (Å²) in [6.45, 7) is 0.865. The Bertz CT molecular complexity index is 1180. The number of para-hydroxylation sites is 2. The summed E-state index contributed by atoms with van der Waals surface area (Å²) < 4.78 is 0. The molecule has 1 amide bonds. The number of aryl methyl sites for hydroxylation is 1. The largest absolute Gasteiger partial charge is 0.320 e. The molecule has 4 aromatic rings. The van der Waals surface area contributed by atoms with Crippen LogP contribution < -0.4 is 10.2 Å². The van der Waals surface area contributed by atoms with Crippen LogP contribution in [0, 0.1) is 0 Å². The fourth-order valence-corrected chi connectivity index (χ4v) is 3.72. The van der Waals surface area contributed by atoms with E-state index in [4.69, 9.17) is 0 Å². The Morgan fingerprint density at radius 2 is 1.76 bits per heavy atom. The van der Waals surface area contributed by atoms with Crippen LogP contribution >= 0.6 is 0 Å². The average Bonchev–Trinajstić information content (AvgIpc) is 2.79. The molecule has 0 spiro atoms. The number of nitrogens with zero attached hydrogens (tertiary/aromatic N) is 4. The van der Waals surface area contributed by atoms with Crippen molar-refractivity contribution in [3.8, 4) is 0 Å². The number of amides is 1. The van der Waals surface area contributed by atoms with Gasteiger partial charge in [-0.3, -0.25) is 9.78 Å². The van der Waals surface area contributed by atoms with Gasteiger partial charge in [-0.15, -0.1) is 0 Å². The summed E-state index contributed by atoms with van der Waals surface area (Å²) in [4.78, 5) is 28.1. The Balaban J connectivity index is 1.39. The first kappa shape index (κ1) is 17.3. The quantitative estimate of drug-likeness (QED) is 0.571. The fourth-order valence-electron chi connectivity index (χ4n) is 3.72. The standard InChI is InChI=1S/C23H19N5O/c29-22(27-19-10-3-7-17-8-4-12-24-21(17)19)18-14-25-23(26-15-18)28-13-5-9-16-6-1-2-11-20(16)28/h1-4,6-8,10-12,14-15H,5,9,13H2,(H,27,29). The molecule has 0 saturated heterocycles. The number of anilines is 3. The van der Waals surface area contributed by atoms with Crippen LogP contribution in [0.4, 0.5) is 17.3 Å². The molecule has 6 nitrogen and oxygen atoms in total. The van der Waals surface area contributed by atoms with Crippen molar-refractivity contribution >= 4 is 34.1 Å². The van der Waals surface area contributed by atoms with Gasteiger partial charge in [-0.1, -0.05) is 36.4 Å². The summed E-state index contributed by atoms with van der Waals surface area (Å²) in [5.41, 5.74) is 4.27. The van der Waals surface area contributed by atoms with E-state index in [0.29, 0.717) is 17.2 Å². The van der Waals surface area contributed by atoms with Gasteiger partial charge in [-0.2, -0.15) is 0 Å². The molecular weight excluding hydrogens is 362 g/mol. The second kappa shape index (κ2) is 7.31. The lowest BCUT2D eigenvalue weighted by molar-refractivity contribution is 0.102. The van der Waals surface area contributed by atoms with E-state index in [1.165, 1.54) is 5.56 Å². The molecule has 6 heteroatoms. The number of rotatable bonds is 3. The molecule has 0 aliphatic carbocycles. The smallest absolute Gasteiger partial charge is 0.258 e. The maximum Gasteiger partial charge on any atom is 0.258 e. The Kier molecular flexibility index (Phi) is 4.37. The number of carbonyl (C=O) groups excluding carboxylic acids is 1. The summed E-state index contributed by atoms with van der Waals surface area (Å²) in [5, 5.41) is 3.89. The maximum atomic E-state index is 12.7. The van der Waals surface area contributed by atoms with E-state index in [1.807, 2.05) is 36.4 Å². The van der Waals surface area contributed by atoms with Crippen LogP contribution in [0.25, 0.3) is 10.9 Å². The van der Waals surface area contributed by atoms with Gasteiger partial charge in [-0.25, -0.2) is 9.97 Å². The highest BCUT2D eigenvalue weighted by Crippen LogP contribution is 2.31. The normalized spacial score (nSPS) is 13.2. The highest BCUT2D eigenvalue weighted by molar-refractivity contribution is 6.08. The second-order valence-corrected chi connectivity index (χ2v) is 6.99. The number of hydrogen-bond donors (Lipinski definition) is 1. The average molecular weight is 381 g/mol. The number of carbonyl (C=O) groups is 1. The molecule has 142 valence electrons. The molecular formula is C23H19N5O. The van der Waals surface area contributed by atoms with Crippen molar-refractivity contribution in [2.75, 3.05) is 16.8 Å². The molecule has 0 saturated carbocycles. The number of pyridine rings is 1. The summed E-state index contributed by atoms with van der Waals surface area (Å²) in [6.07, 6.45) is 6.98. The van der Waals surface area contributed by atoms with Gasteiger partial charge in [0.05, 0.1) is 16.8 Å². The van der Waals surface area contributed by atoms with Crippen LogP contribution in [0.2, 0.25) is 0 Å². The van der Waals surface area contributed by atoms with E-state index in [2.05, 4.69) is 43.4 Å². The third-order valence-corrected chi connectivity index (χ3v) is 5.13. The Morgan fingerprint density at radius 1 is 0.931 bits per heavy atom. The van der Waals surface area contributed by atoms with Crippen molar-refractivity contribution in [1.82, 2.24) is 15.0 Å². The summed E-state index contributed by atoms with van der Waals surface area (Å²) >= 11 is 0. The fraction of sp³-hybridized carbons (Fsp3) is 0.130. The summed E-state index contributed by atoms with van der Waals surface area (Å²) in [6, 6.07) is 17.8. The van der Waals surface area contributed by atoms with Crippen molar-refractivity contribution < 1.29 is 4.79 Å². The molecule has 29 heavy (non-hydrogen) atoms. The van der Waals surface area contributed by atoms with Gasteiger partial charge in [0.1, 0.15) is 0 Å². The number of nitrogens with one attached hydrogen (secondary N) is 1. The predicted octanol–water partition coefficient (Wildman–Crippen LogP) is 4.36. The molecule has 0 bridgehead atoms. The van der Waals surface area contributed by atoms with Gasteiger partial charge in [-0.05, 0) is 36.6 Å². The van der Waals surface area contributed by atoms with Crippen molar-refractivity contribution in [2.24, 2.45) is 0 Å². The zero-order chi connectivity index (χ0) is 19.6. The third-order valence-electron chi connectivity index (χ3n) is 5.13. The maximum absolute atomic E-state index is 12.7. The van der Waals surface area contributed by atoms with Gasteiger partial charge in [0.25, 0.3) is 5.91 Å². The van der Waals surface area contributed by atoms with E-state index in [1.54, 1.807) is 18.6 Å². The SMILES string of the molecule is O=C(Nc1cccc2cccnc12)c1cnc(N2CCCc3ccccc32)nc1. The highest BCUT2D eigenvalue weighted by atomic mass is 16.1. The van der Waals surface area contributed by atoms with Crippen LogP contribution in [0.15, 0.2) is 73.2 Å². The summed E-state index contributed by atoms with van der Waals surface area (Å²) in [7, 11) is 0. The zero-order valence-corrected chi connectivity index (χ0v) is 15.7. The number of fused-ring (bicyclic) bond motifs is 2. The molecule has 0 fully saturated rings. The first-order valence-corrected chi connectivity index (χ1v) is 9.62. The molecule has 5 rings (SSSR count). The van der Waals surface area contributed by atoms with Crippen LogP contribution in [0.1, 0.15) is 22.3 Å². The zero-order valence-electron chi connectivity index (χ0n) is 15.7. The van der Waals surface area contributed by atoms with Gasteiger partial charge < -0.3 is 10.2 Å². The minimum Gasteiger partial charge on any atom is -0.320 e.